The van der Waals surface area contributed by atoms with E-state index in [-0.39, 0.29) is 0 Å². The van der Waals surface area contributed by atoms with Crippen molar-refractivity contribution in [1.82, 2.24) is 9.97 Å². The summed E-state index contributed by atoms with van der Waals surface area (Å²) in [5, 5.41) is 6.47. The lowest BCUT2D eigenvalue weighted by atomic mass is 10.1. The van der Waals surface area contributed by atoms with Gasteiger partial charge in [0.05, 0.1) is 0 Å². The van der Waals surface area contributed by atoms with Crippen molar-refractivity contribution in [2.24, 2.45) is 0 Å². The highest BCUT2D eigenvalue weighted by atomic mass is 16.5. The lowest BCUT2D eigenvalue weighted by molar-refractivity contribution is 0.198. The number of anilines is 4. The molecule has 130 valence electrons. The predicted molar refractivity (Wildman–Crippen MR) is 99.8 cm³/mol. The largest absolute Gasteiger partial charge is 0.393 e. The number of methoxy groups -OCH3 is 1. The highest BCUT2D eigenvalue weighted by molar-refractivity contribution is 5.77. The summed E-state index contributed by atoms with van der Waals surface area (Å²) in [6, 6.07) is 8.38. The molecule has 4 N–H and O–H groups in total. The monoisotopic (exact) mass is 329 g/mol. The first kappa shape index (κ1) is 18.0. The van der Waals surface area contributed by atoms with Crippen LogP contribution in [0.2, 0.25) is 0 Å². The van der Waals surface area contributed by atoms with E-state index < -0.39 is 0 Å². The zero-order valence-corrected chi connectivity index (χ0v) is 14.5. The van der Waals surface area contributed by atoms with Gasteiger partial charge in [-0.1, -0.05) is 25.5 Å². The Balaban J connectivity index is 1.98. The summed E-state index contributed by atoms with van der Waals surface area (Å²) in [6.07, 6.45) is 5.93. The smallest absolute Gasteiger partial charge is 0.159 e. The molecule has 0 amide bonds. The molecule has 0 atom stereocenters. The van der Waals surface area contributed by atoms with Gasteiger partial charge in [0.1, 0.15) is 12.0 Å². The molecule has 0 aliphatic rings. The molecule has 0 saturated carbocycles. The average molecular weight is 329 g/mol. The van der Waals surface area contributed by atoms with Crippen molar-refractivity contribution in [3.8, 4) is 0 Å². The van der Waals surface area contributed by atoms with Gasteiger partial charge in [0.15, 0.2) is 11.6 Å². The lowest BCUT2D eigenvalue weighted by Crippen LogP contribution is -2.10. The fraction of sp³-hybridized carbons (Fsp3) is 0.444. The van der Waals surface area contributed by atoms with Gasteiger partial charge in [0.25, 0.3) is 0 Å². The van der Waals surface area contributed by atoms with Gasteiger partial charge in [-0.25, -0.2) is 9.97 Å². The molecule has 0 spiro atoms. The van der Waals surface area contributed by atoms with E-state index in [0.717, 1.165) is 25.1 Å². The second kappa shape index (κ2) is 9.72. The second-order valence-electron chi connectivity index (χ2n) is 5.68. The number of ether oxygens (including phenoxy) is 1. The van der Waals surface area contributed by atoms with Crippen LogP contribution in [0.25, 0.3) is 0 Å². The first-order valence-electron chi connectivity index (χ1n) is 8.43. The molecular weight excluding hydrogens is 302 g/mol. The van der Waals surface area contributed by atoms with Gasteiger partial charge in [-0.2, -0.15) is 0 Å². The number of nitrogen functional groups attached to an aromatic ring is 1. The highest BCUT2D eigenvalue weighted by Crippen LogP contribution is 2.25. The third kappa shape index (κ3) is 5.38. The number of nitrogens with zero attached hydrogens (tertiary/aromatic N) is 2. The van der Waals surface area contributed by atoms with Crippen LogP contribution >= 0.6 is 0 Å². The van der Waals surface area contributed by atoms with E-state index in [9.17, 15) is 0 Å². The van der Waals surface area contributed by atoms with Gasteiger partial charge in [0.2, 0.25) is 0 Å². The second-order valence-corrected chi connectivity index (χ2v) is 5.68. The quantitative estimate of drug-likeness (QED) is 0.578. The van der Waals surface area contributed by atoms with E-state index in [4.69, 9.17) is 10.5 Å². The molecule has 0 unspecified atom stereocenters. The van der Waals surface area contributed by atoms with Crippen LogP contribution in [0, 0.1) is 0 Å². The highest BCUT2D eigenvalue weighted by Gasteiger charge is 2.08. The van der Waals surface area contributed by atoms with Gasteiger partial charge in [0, 0.05) is 25.9 Å². The Morgan fingerprint density at radius 2 is 1.83 bits per heavy atom. The fourth-order valence-corrected chi connectivity index (χ4v) is 2.33. The number of rotatable bonds is 10. The summed E-state index contributed by atoms with van der Waals surface area (Å²) in [5.74, 6) is 1.25. The Morgan fingerprint density at radius 3 is 2.54 bits per heavy atom. The molecule has 2 aromatic rings. The molecule has 0 saturated heterocycles. The molecular formula is C18H27N5O. The van der Waals surface area contributed by atoms with Crippen molar-refractivity contribution in [3.63, 3.8) is 0 Å². The minimum Gasteiger partial charge on any atom is -0.393 e. The summed E-state index contributed by atoms with van der Waals surface area (Å²) < 4.78 is 5.03. The van der Waals surface area contributed by atoms with Crippen LogP contribution in [-0.4, -0.2) is 30.2 Å². The van der Waals surface area contributed by atoms with Crippen molar-refractivity contribution in [3.05, 3.63) is 36.2 Å². The maximum Gasteiger partial charge on any atom is 0.159 e. The Labute approximate surface area is 143 Å². The van der Waals surface area contributed by atoms with Gasteiger partial charge >= 0.3 is 0 Å². The van der Waals surface area contributed by atoms with Crippen LogP contribution in [0.1, 0.15) is 31.7 Å². The molecule has 1 aromatic heterocycles. The minimum atomic E-state index is 0.518. The van der Waals surface area contributed by atoms with Crippen LogP contribution in [0.5, 0.6) is 0 Å². The van der Waals surface area contributed by atoms with E-state index in [1.807, 2.05) is 0 Å². The van der Waals surface area contributed by atoms with Crippen molar-refractivity contribution in [1.29, 1.82) is 0 Å². The molecule has 0 radical (unpaired) electrons. The Morgan fingerprint density at radius 1 is 1.08 bits per heavy atom. The number of unbranched alkanes of at least 4 members (excludes halogenated alkanes) is 1. The van der Waals surface area contributed by atoms with Crippen LogP contribution in [0.4, 0.5) is 23.0 Å². The van der Waals surface area contributed by atoms with Crippen molar-refractivity contribution >= 4 is 23.0 Å². The molecule has 24 heavy (non-hydrogen) atoms. The van der Waals surface area contributed by atoms with Crippen molar-refractivity contribution in [2.75, 3.05) is 36.6 Å². The SMILES string of the molecule is CCCCc1ccc(Nc2ncnc(NCCCOC)c2N)cc1. The van der Waals surface area contributed by atoms with Crippen molar-refractivity contribution in [2.45, 2.75) is 32.6 Å². The summed E-state index contributed by atoms with van der Waals surface area (Å²) in [4.78, 5) is 8.44. The Hall–Kier alpha value is -2.34. The number of nitrogens with two attached hydrogens (primary N) is 1. The number of nitrogens with one attached hydrogen (secondary N) is 2. The van der Waals surface area contributed by atoms with Gasteiger partial charge in [-0.3, -0.25) is 0 Å². The van der Waals surface area contributed by atoms with Crippen molar-refractivity contribution < 1.29 is 4.74 Å². The fourth-order valence-electron chi connectivity index (χ4n) is 2.33. The summed E-state index contributed by atoms with van der Waals surface area (Å²) in [6.45, 7) is 3.66. The Bertz CT molecular complexity index is 615. The van der Waals surface area contributed by atoms with Crippen LogP contribution in [-0.2, 0) is 11.2 Å². The molecule has 6 nitrogen and oxygen atoms in total. The summed E-state index contributed by atoms with van der Waals surface area (Å²) >= 11 is 0. The number of hydrogen-bond acceptors (Lipinski definition) is 6. The van der Waals surface area contributed by atoms with E-state index in [2.05, 4.69) is 51.8 Å². The molecule has 2 rings (SSSR count). The maximum atomic E-state index is 6.16. The van der Waals surface area contributed by atoms with Gasteiger partial charge in [-0.15, -0.1) is 0 Å². The zero-order valence-electron chi connectivity index (χ0n) is 14.5. The average Bonchev–Trinajstić information content (AvgIpc) is 2.61. The number of hydrogen-bond donors (Lipinski definition) is 3. The lowest BCUT2D eigenvalue weighted by Gasteiger charge is -2.12. The summed E-state index contributed by atoms with van der Waals surface area (Å²) in [5.41, 5.74) is 8.99. The van der Waals surface area contributed by atoms with Gasteiger partial charge < -0.3 is 21.1 Å². The third-order valence-corrected chi connectivity index (χ3v) is 3.74. The van der Waals surface area contributed by atoms with Crippen LogP contribution < -0.4 is 16.4 Å². The Kier molecular flexibility index (Phi) is 7.29. The topological polar surface area (TPSA) is 85.1 Å². The molecule has 0 bridgehead atoms. The normalized spacial score (nSPS) is 10.6. The molecule has 0 aliphatic carbocycles. The summed E-state index contributed by atoms with van der Waals surface area (Å²) in [7, 11) is 1.69. The minimum absolute atomic E-state index is 0.518. The first-order valence-corrected chi connectivity index (χ1v) is 8.43. The van der Waals surface area contributed by atoms with Crippen LogP contribution in [0.15, 0.2) is 30.6 Å². The van der Waals surface area contributed by atoms with E-state index in [0.29, 0.717) is 23.9 Å². The van der Waals surface area contributed by atoms with E-state index in [1.165, 1.54) is 24.7 Å². The van der Waals surface area contributed by atoms with E-state index >= 15 is 0 Å². The molecule has 0 fully saturated rings. The molecule has 1 heterocycles. The van der Waals surface area contributed by atoms with Gasteiger partial charge in [-0.05, 0) is 37.0 Å². The number of aryl methyl sites for hydroxylation is 1. The standard InChI is InChI=1S/C18H27N5O/c1-3-4-6-14-7-9-15(10-8-14)23-18-16(19)17(21-13-22-18)20-11-5-12-24-2/h7-10,13H,3-6,11-12,19H2,1-2H3,(H2,20,21,22,23). The third-order valence-electron chi connectivity index (χ3n) is 3.74. The number of benzene rings is 1. The molecule has 6 heteroatoms. The molecule has 1 aromatic carbocycles. The van der Waals surface area contributed by atoms with Crippen LogP contribution in [0.3, 0.4) is 0 Å². The predicted octanol–water partition coefficient (Wildman–Crippen LogP) is 3.59. The maximum absolute atomic E-state index is 6.16. The first-order chi connectivity index (χ1) is 11.7. The van der Waals surface area contributed by atoms with E-state index in [1.54, 1.807) is 7.11 Å². The number of aromatic nitrogens is 2. The zero-order chi connectivity index (χ0) is 17.2. The molecule has 0 aliphatic heterocycles.